The van der Waals surface area contributed by atoms with Gasteiger partial charge < -0.3 is 4.48 Å². The van der Waals surface area contributed by atoms with E-state index in [1.54, 1.807) is 6.92 Å². The Morgan fingerprint density at radius 1 is 1.50 bits per heavy atom. The molecule has 0 fully saturated rings. The van der Waals surface area contributed by atoms with Crippen LogP contribution in [0.4, 0.5) is 4.20 Å². The van der Waals surface area contributed by atoms with Crippen molar-refractivity contribution in [3.63, 3.8) is 0 Å². The Labute approximate surface area is 73.7 Å². The molecule has 2 atom stereocenters. The Kier molecular flexibility index (Phi) is 3.88. The molecule has 0 N–H and O–H groups in total. The third-order valence-electron chi connectivity index (χ3n) is 1.17. The largest absolute Gasteiger partial charge is 0.365 e. The number of hydrogen-bond donors (Lipinski definition) is 0. The molecular weight excluding hydrogens is 180 g/mol. The molecule has 0 amide bonds. The van der Waals surface area contributed by atoms with Crippen molar-refractivity contribution in [2.45, 2.75) is 13.0 Å². The molecule has 0 aliphatic rings. The summed E-state index contributed by atoms with van der Waals surface area (Å²) in [6, 6.07) is 0. The smallest absolute Gasteiger partial charge is 0.329 e. The van der Waals surface area contributed by atoms with Crippen molar-refractivity contribution < 1.29 is 17.8 Å². The molecule has 0 spiro atoms. The Morgan fingerprint density at radius 2 is 1.92 bits per heavy atom. The first kappa shape index (κ1) is 12.1. The van der Waals surface area contributed by atoms with Crippen molar-refractivity contribution in [3.8, 4) is 0 Å². The van der Waals surface area contributed by atoms with Gasteiger partial charge in [-0.15, -0.1) is 0 Å². The van der Waals surface area contributed by atoms with Crippen molar-refractivity contribution in [1.82, 2.24) is 0 Å². The molecule has 0 heterocycles. The average Bonchev–Trinajstić information content (AvgIpc) is 1.49. The summed E-state index contributed by atoms with van der Waals surface area (Å²) in [7, 11) is 2.09. The van der Waals surface area contributed by atoms with Crippen molar-refractivity contribution >= 4 is 7.68 Å². The van der Waals surface area contributed by atoms with E-state index in [1.807, 2.05) is 21.1 Å². The first-order chi connectivity index (χ1) is 5.10. The van der Waals surface area contributed by atoms with E-state index < -0.39 is 7.68 Å². The first-order valence-electron chi connectivity index (χ1n) is 3.86. The van der Waals surface area contributed by atoms with Crippen molar-refractivity contribution in [2.24, 2.45) is 0 Å². The van der Waals surface area contributed by atoms with Crippen molar-refractivity contribution in [1.29, 1.82) is 0 Å². The van der Waals surface area contributed by atoms with Gasteiger partial charge in [0, 0.05) is 6.66 Å². The maximum absolute atomic E-state index is 12.5. The second-order valence-electron chi connectivity index (χ2n) is 4.14. The molecule has 3 nitrogen and oxygen atoms in total. The van der Waals surface area contributed by atoms with Gasteiger partial charge in [-0.05, 0) is 6.92 Å². The zero-order chi connectivity index (χ0) is 9.99. The van der Waals surface area contributed by atoms with Gasteiger partial charge in [0.15, 0.2) is 0 Å². The molecule has 0 saturated carbocycles. The van der Waals surface area contributed by atoms with Gasteiger partial charge in [0.25, 0.3) is 0 Å². The average molecular weight is 198 g/mol. The van der Waals surface area contributed by atoms with Gasteiger partial charge in [0.2, 0.25) is 0 Å². The van der Waals surface area contributed by atoms with Crippen LogP contribution in [-0.2, 0) is 9.09 Å². The predicted octanol–water partition coefficient (Wildman–Crippen LogP) is 1.89. The maximum atomic E-state index is 12.5. The molecule has 12 heavy (non-hydrogen) atoms. The predicted molar refractivity (Wildman–Crippen MR) is 48.1 cm³/mol. The zero-order valence-electron chi connectivity index (χ0n) is 8.37. The highest BCUT2D eigenvalue weighted by atomic mass is 31.2. The highest BCUT2D eigenvalue weighted by Crippen LogP contribution is 2.45. The Morgan fingerprint density at radius 3 is 2.17 bits per heavy atom. The van der Waals surface area contributed by atoms with Gasteiger partial charge in [-0.1, -0.05) is 0 Å². The molecule has 5 heteroatoms. The quantitative estimate of drug-likeness (QED) is 0.509. The van der Waals surface area contributed by atoms with Crippen LogP contribution in [0.15, 0.2) is 0 Å². The van der Waals surface area contributed by atoms with Gasteiger partial charge >= 0.3 is 7.68 Å². The first-order valence-corrected chi connectivity index (χ1v) is 5.82. The van der Waals surface area contributed by atoms with Crippen LogP contribution in [0.25, 0.3) is 0 Å². The summed E-state index contributed by atoms with van der Waals surface area (Å²) in [6.45, 7) is 3.35. The van der Waals surface area contributed by atoms with E-state index in [1.165, 1.54) is 0 Å². The summed E-state index contributed by atoms with van der Waals surface area (Å²) in [5, 5.41) is 0. The van der Waals surface area contributed by atoms with Crippen LogP contribution in [0.5, 0.6) is 0 Å². The molecule has 0 aromatic carbocycles. The second-order valence-corrected chi connectivity index (χ2v) is 5.84. The van der Waals surface area contributed by atoms with Crippen LogP contribution in [0.1, 0.15) is 6.92 Å². The summed E-state index contributed by atoms with van der Waals surface area (Å²) in [5.41, 5.74) is 0. The molecule has 0 aliphatic carbocycles. The molecule has 0 bridgehead atoms. The van der Waals surface area contributed by atoms with E-state index in [4.69, 9.17) is 0 Å². The summed E-state index contributed by atoms with van der Waals surface area (Å²) >= 11 is 0. The van der Waals surface area contributed by atoms with Gasteiger partial charge in [0.05, 0.1) is 21.1 Å². The number of likely N-dealkylation sites (N-methyl/N-ethyl adjacent to an activating group) is 1. The number of hydrogen-bond acceptors (Lipinski definition) is 2. The van der Waals surface area contributed by atoms with Gasteiger partial charge in [-0.2, -0.15) is 4.20 Å². The standard InChI is InChI=1S/C7H18FNO2P/c1-7(6-9(2,3)4)11-12(5,8)10/h7H,6H2,1-5H3/q+1. The van der Waals surface area contributed by atoms with Crippen molar-refractivity contribution in [3.05, 3.63) is 0 Å². The number of quaternary nitrogens is 1. The van der Waals surface area contributed by atoms with E-state index >= 15 is 0 Å². The van der Waals surface area contributed by atoms with Crippen LogP contribution in [0.2, 0.25) is 0 Å². The Hall–Kier alpha value is 0.0800. The highest BCUT2D eigenvalue weighted by molar-refractivity contribution is 7.52. The summed E-state index contributed by atoms with van der Waals surface area (Å²) in [4.78, 5) is 0. The Balaban J connectivity index is 3.91. The fourth-order valence-electron chi connectivity index (χ4n) is 1.13. The molecule has 2 unspecified atom stereocenters. The molecule has 0 radical (unpaired) electrons. The lowest BCUT2D eigenvalue weighted by atomic mass is 10.3. The molecular formula is C7H18FNO2P+. The molecule has 0 rings (SSSR count). The summed E-state index contributed by atoms with van der Waals surface area (Å²) in [6.07, 6.45) is -0.314. The van der Waals surface area contributed by atoms with Gasteiger partial charge in [-0.25, -0.2) is 0 Å². The van der Waals surface area contributed by atoms with Crippen LogP contribution in [0, 0.1) is 0 Å². The Bertz CT molecular complexity index is 184. The van der Waals surface area contributed by atoms with Gasteiger partial charge in [-0.3, -0.25) is 9.09 Å². The van der Waals surface area contributed by atoms with E-state index in [9.17, 15) is 8.76 Å². The van der Waals surface area contributed by atoms with Gasteiger partial charge in [0.1, 0.15) is 12.6 Å². The second kappa shape index (κ2) is 3.86. The monoisotopic (exact) mass is 198 g/mol. The number of rotatable bonds is 4. The normalized spacial score (nSPS) is 20.2. The zero-order valence-corrected chi connectivity index (χ0v) is 9.27. The molecule has 0 saturated heterocycles. The lowest BCUT2D eigenvalue weighted by molar-refractivity contribution is -0.873. The maximum Gasteiger partial charge on any atom is 0.365 e. The fraction of sp³-hybridized carbons (Fsp3) is 1.00. The third-order valence-corrected chi connectivity index (χ3v) is 1.91. The van der Waals surface area contributed by atoms with Crippen LogP contribution < -0.4 is 0 Å². The topological polar surface area (TPSA) is 26.3 Å². The lowest BCUT2D eigenvalue weighted by Crippen LogP contribution is -2.40. The minimum atomic E-state index is -3.82. The highest BCUT2D eigenvalue weighted by Gasteiger charge is 2.22. The fourth-order valence-corrected chi connectivity index (χ4v) is 1.84. The van der Waals surface area contributed by atoms with E-state index in [0.717, 1.165) is 6.66 Å². The van der Waals surface area contributed by atoms with E-state index in [0.29, 0.717) is 11.0 Å². The molecule has 0 aliphatic heterocycles. The van der Waals surface area contributed by atoms with Crippen LogP contribution in [-0.4, -0.2) is 44.9 Å². The van der Waals surface area contributed by atoms with Crippen LogP contribution in [0.3, 0.4) is 0 Å². The SMILES string of the molecule is CC(C[N+](C)(C)C)OP(C)(=O)F. The molecule has 74 valence electrons. The number of halogens is 1. The third kappa shape index (κ3) is 8.18. The number of nitrogens with zero attached hydrogens (tertiary/aromatic N) is 1. The summed E-state index contributed by atoms with van der Waals surface area (Å²) < 4.78 is 28.5. The van der Waals surface area contributed by atoms with Crippen LogP contribution >= 0.6 is 7.68 Å². The van der Waals surface area contributed by atoms with E-state index in [2.05, 4.69) is 4.52 Å². The lowest BCUT2D eigenvalue weighted by Gasteiger charge is -2.27. The summed E-state index contributed by atoms with van der Waals surface area (Å²) in [5.74, 6) is 0. The van der Waals surface area contributed by atoms with Crippen molar-refractivity contribution in [2.75, 3.05) is 34.4 Å². The molecule has 0 aromatic heterocycles. The molecule has 0 aromatic rings. The minimum absolute atomic E-state index is 0.314. The minimum Gasteiger partial charge on any atom is -0.329 e. The van der Waals surface area contributed by atoms with E-state index in [-0.39, 0.29) is 6.10 Å².